The van der Waals surface area contributed by atoms with Gasteiger partial charge in [-0.2, -0.15) is 0 Å². The molecular weight excluding hydrogens is 416 g/mol. The van der Waals surface area contributed by atoms with Gasteiger partial charge < -0.3 is 14.8 Å². The Balaban J connectivity index is 1.56. The van der Waals surface area contributed by atoms with Gasteiger partial charge in [-0.1, -0.05) is 24.3 Å². The van der Waals surface area contributed by atoms with Gasteiger partial charge in [-0.15, -0.1) is 11.3 Å². The second-order valence-corrected chi connectivity index (χ2v) is 7.87. The van der Waals surface area contributed by atoms with Crippen molar-refractivity contribution < 1.29 is 23.9 Å². The summed E-state index contributed by atoms with van der Waals surface area (Å²) in [5, 5.41) is 3.14. The molecule has 0 saturated carbocycles. The van der Waals surface area contributed by atoms with Gasteiger partial charge in [0.25, 0.3) is 5.91 Å². The summed E-state index contributed by atoms with van der Waals surface area (Å²) in [6.07, 6.45) is 4.43. The Morgan fingerprint density at radius 1 is 1.03 bits per heavy atom. The van der Waals surface area contributed by atoms with Crippen LogP contribution in [0.5, 0.6) is 0 Å². The fourth-order valence-corrected chi connectivity index (χ4v) is 4.83. The van der Waals surface area contributed by atoms with Crippen LogP contribution in [-0.4, -0.2) is 36.0 Å². The molecule has 0 atom stereocenters. The lowest BCUT2D eigenvalue weighted by Crippen LogP contribution is -2.22. The summed E-state index contributed by atoms with van der Waals surface area (Å²) in [6, 6.07) is 11.0. The fourth-order valence-electron chi connectivity index (χ4n) is 3.51. The second kappa shape index (κ2) is 9.09. The average molecular weight is 436 g/mol. The molecule has 7 nitrogen and oxygen atoms in total. The minimum absolute atomic E-state index is 0.233. The minimum Gasteiger partial charge on any atom is -0.462 e. The summed E-state index contributed by atoms with van der Waals surface area (Å²) >= 11 is 1.34. The van der Waals surface area contributed by atoms with Crippen molar-refractivity contribution in [2.75, 3.05) is 18.5 Å². The normalized spacial score (nSPS) is 11.8. The van der Waals surface area contributed by atoms with E-state index in [1.165, 1.54) is 41.4 Å². The lowest BCUT2D eigenvalue weighted by molar-refractivity contribution is -0.119. The molecule has 1 N–H and O–H groups in total. The van der Waals surface area contributed by atoms with Crippen molar-refractivity contribution in [1.29, 1.82) is 0 Å². The number of aromatic nitrogens is 1. The van der Waals surface area contributed by atoms with Gasteiger partial charge in [0.05, 0.1) is 17.7 Å². The smallest absolute Gasteiger partial charge is 0.341 e. The number of ether oxygens (including phenoxy) is 2. The van der Waals surface area contributed by atoms with Crippen molar-refractivity contribution in [3.63, 3.8) is 0 Å². The molecule has 0 bridgehead atoms. The van der Waals surface area contributed by atoms with Crippen LogP contribution in [0.2, 0.25) is 0 Å². The molecule has 0 saturated heterocycles. The Hall–Kier alpha value is -3.52. The molecular formula is C23H20N2O5S. The number of carbonyl (C=O) groups excluding carboxylic acids is 3. The van der Waals surface area contributed by atoms with Gasteiger partial charge in [0.2, 0.25) is 0 Å². The highest BCUT2D eigenvalue weighted by atomic mass is 32.1. The monoisotopic (exact) mass is 436 g/mol. The summed E-state index contributed by atoms with van der Waals surface area (Å²) in [5.41, 5.74) is 3.83. The molecule has 158 valence electrons. The standard InChI is InChI=1S/C23H20N2O5S/c1-2-29-23(28)19-17-8-7-14-5-3-4-6-16(14)20(17)31-21(19)25-18(26)13-30-22(27)15-9-11-24-12-10-15/h3-6,9-12H,2,7-8,13H2,1H3,(H,25,26). The SMILES string of the molecule is CCOC(=O)c1c(NC(=O)COC(=O)c2ccncc2)sc2c1CCc1ccccc1-2. The topological polar surface area (TPSA) is 94.6 Å². The number of thiophene rings is 1. The molecule has 1 aliphatic rings. The van der Waals surface area contributed by atoms with E-state index < -0.39 is 24.5 Å². The van der Waals surface area contributed by atoms with E-state index in [4.69, 9.17) is 9.47 Å². The summed E-state index contributed by atoms with van der Waals surface area (Å²) < 4.78 is 10.3. The molecule has 0 aliphatic heterocycles. The zero-order chi connectivity index (χ0) is 21.8. The largest absolute Gasteiger partial charge is 0.462 e. The predicted molar refractivity (Wildman–Crippen MR) is 116 cm³/mol. The number of esters is 2. The number of hydrogen-bond donors (Lipinski definition) is 1. The van der Waals surface area contributed by atoms with Crippen molar-refractivity contribution in [2.45, 2.75) is 19.8 Å². The average Bonchev–Trinajstić information content (AvgIpc) is 3.16. The van der Waals surface area contributed by atoms with E-state index in [0.29, 0.717) is 22.5 Å². The van der Waals surface area contributed by atoms with E-state index in [9.17, 15) is 14.4 Å². The van der Waals surface area contributed by atoms with Crippen molar-refractivity contribution in [2.24, 2.45) is 0 Å². The summed E-state index contributed by atoms with van der Waals surface area (Å²) in [4.78, 5) is 42.0. The molecule has 0 spiro atoms. The lowest BCUT2D eigenvalue weighted by Gasteiger charge is -2.16. The predicted octanol–water partition coefficient (Wildman–Crippen LogP) is 3.88. The van der Waals surface area contributed by atoms with Crippen molar-refractivity contribution in [3.8, 4) is 10.4 Å². The summed E-state index contributed by atoms with van der Waals surface area (Å²) in [6.45, 7) is 1.50. The first-order valence-electron chi connectivity index (χ1n) is 9.86. The molecule has 2 aromatic heterocycles. The van der Waals surface area contributed by atoms with Crippen LogP contribution in [0.1, 0.15) is 38.8 Å². The second-order valence-electron chi connectivity index (χ2n) is 6.85. The highest BCUT2D eigenvalue weighted by molar-refractivity contribution is 7.20. The number of amides is 1. The first-order chi connectivity index (χ1) is 15.1. The number of carbonyl (C=O) groups is 3. The number of fused-ring (bicyclic) bond motifs is 3. The van der Waals surface area contributed by atoms with Crippen LogP contribution in [0.15, 0.2) is 48.8 Å². The number of nitrogens with zero attached hydrogens (tertiary/aromatic N) is 1. The van der Waals surface area contributed by atoms with E-state index in [2.05, 4.69) is 16.4 Å². The molecule has 8 heteroatoms. The van der Waals surface area contributed by atoms with Gasteiger partial charge in [0.1, 0.15) is 5.00 Å². The number of benzene rings is 1. The molecule has 1 amide bonds. The Morgan fingerprint density at radius 3 is 2.58 bits per heavy atom. The van der Waals surface area contributed by atoms with Crippen LogP contribution in [-0.2, 0) is 27.1 Å². The zero-order valence-electron chi connectivity index (χ0n) is 16.8. The quantitative estimate of drug-likeness (QED) is 0.590. The Bertz CT molecular complexity index is 1140. The maximum atomic E-state index is 12.7. The van der Waals surface area contributed by atoms with Crippen LogP contribution in [0, 0.1) is 0 Å². The summed E-state index contributed by atoms with van der Waals surface area (Å²) in [7, 11) is 0. The van der Waals surface area contributed by atoms with Crippen LogP contribution >= 0.6 is 11.3 Å². The van der Waals surface area contributed by atoms with Crippen molar-refractivity contribution in [3.05, 3.63) is 71.0 Å². The maximum Gasteiger partial charge on any atom is 0.341 e. The van der Waals surface area contributed by atoms with E-state index in [1.807, 2.05) is 18.2 Å². The number of pyridine rings is 1. The molecule has 3 aromatic rings. The molecule has 4 rings (SSSR count). The van der Waals surface area contributed by atoms with Gasteiger partial charge in [-0.05, 0) is 48.6 Å². The van der Waals surface area contributed by atoms with E-state index >= 15 is 0 Å². The van der Waals surface area contributed by atoms with Crippen LogP contribution in [0.4, 0.5) is 5.00 Å². The van der Waals surface area contributed by atoms with Gasteiger partial charge in [0, 0.05) is 17.3 Å². The van der Waals surface area contributed by atoms with E-state index in [-0.39, 0.29) is 6.61 Å². The van der Waals surface area contributed by atoms with Gasteiger partial charge in [0.15, 0.2) is 6.61 Å². The van der Waals surface area contributed by atoms with Crippen LogP contribution in [0.3, 0.4) is 0 Å². The van der Waals surface area contributed by atoms with Crippen LogP contribution < -0.4 is 5.32 Å². The lowest BCUT2D eigenvalue weighted by atomic mass is 9.89. The molecule has 0 radical (unpaired) electrons. The first-order valence-corrected chi connectivity index (χ1v) is 10.7. The number of aryl methyl sites for hydroxylation is 1. The number of hydrogen-bond acceptors (Lipinski definition) is 7. The van der Waals surface area contributed by atoms with Crippen molar-refractivity contribution >= 4 is 34.2 Å². The molecule has 31 heavy (non-hydrogen) atoms. The maximum absolute atomic E-state index is 12.7. The van der Waals surface area contributed by atoms with Gasteiger partial charge in [-0.3, -0.25) is 9.78 Å². The molecule has 0 fully saturated rings. The third-order valence-electron chi connectivity index (χ3n) is 4.90. The highest BCUT2D eigenvalue weighted by Gasteiger charge is 2.29. The number of anilines is 1. The van der Waals surface area contributed by atoms with Gasteiger partial charge in [-0.25, -0.2) is 9.59 Å². The molecule has 1 aliphatic carbocycles. The molecule has 0 unspecified atom stereocenters. The minimum atomic E-state index is -0.623. The third-order valence-corrected chi connectivity index (χ3v) is 6.08. The van der Waals surface area contributed by atoms with E-state index in [0.717, 1.165) is 22.4 Å². The Kier molecular flexibility index (Phi) is 6.08. The number of rotatable bonds is 6. The first kappa shape index (κ1) is 20.7. The Labute approximate surface area is 183 Å². The molecule has 2 heterocycles. The highest BCUT2D eigenvalue weighted by Crippen LogP contribution is 2.45. The Morgan fingerprint density at radius 2 is 1.81 bits per heavy atom. The molecule has 1 aromatic carbocycles. The van der Waals surface area contributed by atoms with Gasteiger partial charge >= 0.3 is 11.9 Å². The third kappa shape index (κ3) is 4.34. The van der Waals surface area contributed by atoms with E-state index in [1.54, 1.807) is 6.92 Å². The fraction of sp³-hybridized carbons (Fsp3) is 0.217. The zero-order valence-corrected chi connectivity index (χ0v) is 17.7. The number of nitrogens with one attached hydrogen (secondary N) is 1. The summed E-state index contributed by atoms with van der Waals surface area (Å²) in [5.74, 6) is -1.62. The van der Waals surface area contributed by atoms with Crippen LogP contribution in [0.25, 0.3) is 10.4 Å². The van der Waals surface area contributed by atoms with Crippen molar-refractivity contribution in [1.82, 2.24) is 4.98 Å².